The maximum atomic E-state index is 12.7. The van der Waals surface area contributed by atoms with Crippen LogP contribution in [-0.2, 0) is 15.0 Å². The van der Waals surface area contributed by atoms with Crippen molar-refractivity contribution in [3.63, 3.8) is 0 Å². The number of carbonyl (C=O) groups is 2. The number of carbonyl (C=O) groups excluding carboxylic acids is 2. The fraction of sp³-hybridized carbons (Fsp3) is 0.222. The lowest BCUT2D eigenvalue weighted by Gasteiger charge is -2.32. The molecule has 0 saturated carbocycles. The third-order valence-electron chi connectivity index (χ3n) is 4.74. The van der Waals surface area contributed by atoms with Crippen molar-refractivity contribution in [2.24, 2.45) is 0 Å². The minimum Gasteiger partial charge on any atom is -0.325 e. The summed E-state index contributed by atoms with van der Waals surface area (Å²) in [5.74, 6) is -0.576. The molecule has 0 saturated heterocycles. The summed E-state index contributed by atoms with van der Waals surface area (Å²) in [6.07, 6.45) is 0.932. The number of nitrogens with one attached hydrogen (secondary N) is 1. The predicted molar refractivity (Wildman–Crippen MR) is 88.9 cm³/mol. The Morgan fingerprint density at radius 2 is 1.88 bits per heavy atom. The van der Waals surface area contributed by atoms with Gasteiger partial charge in [-0.05, 0) is 24.1 Å². The summed E-state index contributed by atoms with van der Waals surface area (Å²) in [6.45, 7) is 1.81. The summed E-state index contributed by atoms with van der Waals surface area (Å²) in [7, 11) is 0. The number of rotatable bonds is 5. The molecule has 1 heterocycles. The predicted octanol–water partition coefficient (Wildman–Crippen LogP) is 3.18. The Morgan fingerprint density at radius 3 is 2.50 bits per heavy atom. The minimum atomic E-state index is -0.909. The number of benzene rings is 2. The van der Waals surface area contributed by atoms with Crippen molar-refractivity contribution in [1.29, 1.82) is 0 Å². The second kappa shape index (κ2) is 5.88. The van der Waals surface area contributed by atoms with Gasteiger partial charge in [-0.25, -0.2) is 0 Å². The van der Waals surface area contributed by atoms with Crippen LogP contribution in [0.3, 0.4) is 0 Å². The molecule has 6 nitrogen and oxygen atoms in total. The fourth-order valence-electron chi connectivity index (χ4n) is 3.40. The molecule has 122 valence electrons. The molecule has 2 atom stereocenters. The normalized spacial score (nSPS) is 20.1. The van der Waals surface area contributed by atoms with Crippen LogP contribution in [0.25, 0.3) is 0 Å². The third-order valence-corrected chi connectivity index (χ3v) is 4.74. The topological polar surface area (TPSA) is 89.3 Å². The Hall–Kier alpha value is -3.02. The highest BCUT2D eigenvalue weighted by Gasteiger charge is 2.48. The molecule has 0 spiro atoms. The van der Waals surface area contributed by atoms with E-state index in [1.165, 1.54) is 12.1 Å². The van der Waals surface area contributed by atoms with E-state index in [0.29, 0.717) is 0 Å². The standard InChI is InChI=1S/C18H16N2O4/c1-18(15-4-2-3-5-16(15)19-17(18)22)14(10-11-21)12-6-8-13(9-7-12)20(23)24/h2-9,11,14H,10H2,1H3,(H,19,22)/t14-,18+/m0/s1. The second-order valence-electron chi connectivity index (χ2n) is 6.01. The third kappa shape index (κ3) is 2.36. The summed E-state index contributed by atoms with van der Waals surface area (Å²) >= 11 is 0. The Labute approximate surface area is 138 Å². The Morgan fingerprint density at radius 1 is 1.21 bits per heavy atom. The first-order valence-electron chi connectivity index (χ1n) is 7.57. The molecular weight excluding hydrogens is 308 g/mol. The van der Waals surface area contributed by atoms with Crippen molar-refractivity contribution in [3.8, 4) is 0 Å². The molecule has 1 amide bonds. The minimum absolute atomic E-state index is 0.0231. The molecule has 1 aliphatic heterocycles. The lowest BCUT2D eigenvalue weighted by atomic mass is 9.68. The second-order valence-corrected chi connectivity index (χ2v) is 6.01. The van der Waals surface area contributed by atoms with E-state index in [1.807, 2.05) is 31.2 Å². The van der Waals surface area contributed by atoms with Gasteiger partial charge in [0.15, 0.2) is 0 Å². The molecule has 6 heteroatoms. The Balaban J connectivity index is 2.09. The zero-order valence-corrected chi connectivity index (χ0v) is 13.1. The number of para-hydroxylation sites is 1. The van der Waals surface area contributed by atoms with E-state index in [0.717, 1.165) is 23.1 Å². The highest BCUT2D eigenvalue weighted by molar-refractivity contribution is 6.06. The number of aldehydes is 1. The van der Waals surface area contributed by atoms with E-state index < -0.39 is 16.3 Å². The quantitative estimate of drug-likeness (QED) is 0.519. The number of nitrogens with zero attached hydrogens (tertiary/aromatic N) is 1. The zero-order valence-electron chi connectivity index (χ0n) is 13.1. The van der Waals surface area contributed by atoms with Crippen LogP contribution in [0.2, 0.25) is 0 Å². The van der Waals surface area contributed by atoms with E-state index >= 15 is 0 Å². The number of anilines is 1. The van der Waals surface area contributed by atoms with Crippen LogP contribution in [0.15, 0.2) is 48.5 Å². The van der Waals surface area contributed by atoms with E-state index in [4.69, 9.17) is 0 Å². The average molecular weight is 324 g/mol. The molecular formula is C18H16N2O4. The Kier molecular flexibility index (Phi) is 3.89. The van der Waals surface area contributed by atoms with Gasteiger partial charge in [0.05, 0.1) is 10.3 Å². The summed E-state index contributed by atoms with van der Waals surface area (Å²) in [6, 6.07) is 13.4. The smallest absolute Gasteiger partial charge is 0.269 e. The number of fused-ring (bicyclic) bond motifs is 1. The first-order chi connectivity index (χ1) is 11.5. The zero-order chi connectivity index (χ0) is 17.3. The number of nitro benzene ring substituents is 1. The van der Waals surface area contributed by atoms with Crippen LogP contribution in [-0.4, -0.2) is 17.1 Å². The number of hydrogen-bond donors (Lipinski definition) is 1. The van der Waals surface area contributed by atoms with Crippen LogP contribution in [0.5, 0.6) is 0 Å². The lowest BCUT2D eigenvalue weighted by Crippen LogP contribution is -2.38. The summed E-state index contributed by atoms with van der Waals surface area (Å²) in [4.78, 5) is 34.3. The molecule has 0 aliphatic carbocycles. The van der Waals surface area contributed by atoms with Gasteiger partial charge < -0.3 is 10.1 Å². The van der Waals surface area contributed by atoms with Crippen molar-refractivity contribution in [3.05, 3.63) is 69.8 Å². The van der Waals surface area contributed by atoms with Crippen molar-refractivity contribution in [1.82, 2.24) is 0 Å². The van der Waals surface area contributed by atoms with E-state index in [-0.39, 0.29) is 18.0 Å². The van der Waals surface area contributed by atoms with Gasteiger partial charge in [0.2, 0.25) is 5.91 Å². The number of non-ortho nitro benzene ring substituents is 1. The molecule has 0 radical (unpaired) electrons. The molecule has 0 unspecified atom stereocenters. The summed E-state index contributed by atoms with van der Waals surface area (Å²) in [5, 5.41) is 13.7. The van der Waals surface area contributed by atoms with Crippen LogP contribution in [0.4, 0.5) is 11.4 Å². The van der Waals surface area contributed by atoms with Crippen molar-refractivity contribution < 1.29 is 14.5 Å². The van der Waals surface area contributed by atoms with Crippen molar-refractivity contribution >= 4 is 23.6 Å². The van der Waals surface area contributed by atoms with Gasteiger partial charge in [0.25, 0.3) is 5.69 Å². The summed E-state index contributed by atoms with van der Waals surface area (Å²) < 4.78 is 0. The average Bonchev–Trinajstić information content (AvgIpc) is 2.85. The van der Waals surface area contributed by atoms with Crippen LogP contribution in [0, 0.1) is 10.1 Å². The van der Waals surface area contributed by atoms with Gasteiger partial charge in [-0.1, -0.05) is 30.3 Å². The lowest BCUT2D eigenvalue weighted by molar-refractivity contribution is -0.384. The van der Waals surface area contributed by atoms with Crippen LogP contribution < -0.4 is 5.32 Å². The van der Waals surface area contributed by atoms with Gasteiger partial charge in [0, 0.05) is 30.2 Å². The molecule has 24 heavy (non-hydrogen) atoms. The van der Waals surface area contributed by atoms with Crippen molar-refractivity contribution in [2.75, 3.05) is 5.32 Å². The van der Waals surface area contributed by atoms with Gasteiger partial charge in [-0.3, -0.25) is 14.9 Å². The van der Waals surface area contributed by atoms with E-state index in [2.05, 4.69) is 5.32 Å². The van der Waals surface area contributed by atoms with Crippen molar-refractivity contribution in [2.45, 2.75) is 24.7 Å². The molecule has 1 aliphatic rings. The Bertz CT molecular complexity index is 816. The number of nitro groups is 1. The maximum Gasteiger partial charge on any atom is 0.269 e. The highest BCUT2D eigenvalue weighted by Crippen LogP contribution is 2.48. The number of amides is 1. The van der Waals surface area contributed by atoms with Gasteiger partial charge >= 0.3 is 0 Å². The molecule has 0 bridgehead atoms. The van der Waals surface area contributed by atoms with Crippen LogP contribution >= 0.6 is 0 Å². The number of hydrogen-bond acceptors (Lipinski definition) is 4. The van der Waals surface area contributed by atoms with Gasteiger partial charge in [-0.2, -0.15) is 0 Å². The fourth-order valence-corrected chi connectivity index (χ4v) is 3.40. The molecule has 1 N–H and O–H groups in total. The molecule has 0 aromatic heterocycles. The van der Waals surface area contributed by atoms with Gasteiger partial charge in [-0.15, -0.1) is 0 Å². The molecule has 2 aromatic carbocycles. The largest absolute Gasteiger partial charge is 0.325 e. The first-order valence-corrected chi connectivity index (χ1v) is 7.57. The van der Waals surface area contributed by atoms with E-state index in [1.54, 1.807) is 12.1 Å². The van der Waals surface area contributed by atoms with Crippen LogP contribution in [0.1, 0.15) is 30.4 Å². The SMILES string of the molecule is C[C@]1([C@@H](CC=O)c2ccc([N+](=O)[O-])cc2)C(=O)Nc2ccccc21. The highest BCUT2D eigenvalue weighted by atomic mass is 16.6. The molecule has 0 fully saturated rings. The maximum absolute atomic E-state index is 12.7. The molecule has 2 aromatic rings. The summed E-state index contributed by atoms with van der Waals surface area (Å²) in [5.41, 5.74) is 1.36. The van der Waals surface area contributed by atoms with Gasteiger partial charge in [0.1, 0.15) is 6.29 Å². The molecule has 3 rings (SSSR count). The van der Waals surface area contributed by atoms with E-state index in [9.17, 15) is 19.7 Å². The monoisotopic (exact) mass is 324 g/mol. The first kappa shape index (κ1) is 15.9.